The molecule has 0 saturated carbocycles. The van der Waals surface area contributed by atoms with Crippen LogP contribution in [0.4, 0.5) is 0 Å². The molecule has 5 aliphatic heterocycles. The number of morpholine rings is 1. The number of cyclic esters (lactones) is 1. The van der Waals surface area contributed by atoms with Crippen LogP contribution < -0.4 is 5.32 Å². The van der Waals surface area contributed by atoms with Crippen LogP contribution in [0.15, 0.2) is 54.6 Å². The average Bonchev–Trinajstić information content (AvgIpc) is 3.42. The fourth-order valence-electron chi connectivity index (χ4n) is 7.09. The Morgan fingerprint density at radius 3 is 2.55 bits per heavy atom. The highest BCUT2D eigenvalue weighted by molar-refractivity contribution is 5.99. The molecule has 6 rings (SSSR count). The lowest BCUT2D eigenvalue weighted by Gasteiger charge is -2.36. The van der Waals surface area contributed by atoms with Gasteiger partial charge in [-0.3, -0.25) is 24.1 Å². The summed E-state index contributed by atoms with van der Waals surface area (Å²) in [5.74, 6) is -3.59. The number of β-amino-alcohol motifs (C(OH)–C–C–N with tert-alkyl or cyclic N) is 1. The molecule has 0 radical (unpaired) electrons. The number of nitrogens with zero attached hydrogens (tertiary/aromatic N) is 3. The third kappa shape index (κ3) is 5.79. The largest absolute Gasteiger partial charge is 0.455 e. The minimum Gasteiger partial charge on any atom is -0.455 e. The van der Waals surface area contributed by atoms with Crippen LogP contribution in [0.25, 0.3) is 0 Å². The van der Waals surface area contributed by atoms with Crippen LogP contribution in [0, 0.1) is 11.8 Å². The van der Waals surface area contributed by atoms with Gasteiger partial charge in [0, 0.05) is 45.7 Å². The number of carbonyl (C=O) groups is 4. The molecule has 12 nitrogen and oxygen atoms in total. The summed E-state index contributed by atoms with van der Waals surface area (Å²) in [5, 5.41) is 12.8. The van der Waals surface area contributed by atoms with Crippen LogP contribution in [0.1, 0.15) is 24.5 Å². The van der Waals surface area contributed by atoms with E-state index in [0.717, 1.165) is 13.1 Å². The van der Waals surface area contributed by atoms with Crippen LogP contribution in [-0.4, -0.2) is 127 Å². The van der Waals surface area contributed by atoms with Crippen molar-refractivity contribution in [1.82, 2.24) is 20.0 Å². The molecule has 0 aromatic heterocycles. The number of rotatable bonds is 6. The molecule has 0 bridgehead atoms. The quantitative estimate of drug-likeness (QED) is 0.339. The third-order valence-corrected chi connectivity index (χ3v) is 9.26. The number of hydrogen-bond donors (Lipinski definition) is 2. The maximum atomic E-state index is 14.3. The number of esters is 1. The van der Waals surface area contributed by atoms with Gasteiger partial charge in [-0.25, -0.2) is 0 Å². The minimum atomic E-state index is -1.42. The van der Waals surface area contributed by atoms with Gasteiger partial charge in [-0.2, -0.15) is 0 Å². The Morgan fingerprint density at radius 2 is 1.77 bits per heavy atom. The van der Waals surface area contributed by atoms with E-state index in [1.54, 1.807) is 23.1 Å². The second kappa shape index (κ2) is 13.2. The monoisotopic (exact) mass is 608 g/mol. The van der Waals surface area contributed by atoms with Crippen molar-refractivity contribution in [2.45, 2.75) is 36.7 Å². The van der Waals surface area contributed by atoms with Crippen molar-refractivity contribution in [2.75, 3.05) is 65.6 Å². The highest BCUT2D eigenvalue weighted by Crippen LogP contribution is 2.53. The zero-order valence-electron chi connectivity index (χ0n) is 24.7. The summed E-state index contributed by atoms with van der Waals surface area (Å²) in [6, 6.07) is 8.08. The molecule has 3 fully saturated rings. The highest BCUT2D eigenvalue weighted by Gasteiger charge is 2.71. The summed E-state index contributed by atoms with van der Waals surface area (Å²) in [6.07, 6.45) is 6.13. The average molecular weight is 609 g/mol. The van der Waals surface area contributed by atoms with Crippen molar-refractivity contribution in [3.05, 3.63) is 60.2 Å². The molecule has 2 N–H and O–H groups in total. The number of hydrogen-bond acceptors (Lipinski definition) is 9. The van der Waals surface area contributed by atoms with E-state index < -0.39 is 47.6 Å². The molecule has 0 aliphatic carbocycles. The Bertz CT molecular complexity index is 1300. The predicted octanol–water partition coefficient (Wildman–Crippen LogP) is 0.0408. The van der Waals surface area contributed by atoms with Gasteiger partial charge in [0.25, 0.3) is 0 Å². The molecule has 3 amide bonds. The van der Waals surface area contributed by atoms with Gasteiger partial charge in [-0.15, -0.1) is 0 Å². The van der Waals surface area contributed by atoms with Crippen LogP contribution in [0.3, 0.4) is 0 Å². The molecule has 12 heteroatoms. The molecule has 6 atom stereocenters. The predicted molar refractivity (Wildman–Crippen MR) is 157 cm³/mol. The van der Waals surface area contributed by atoms with Crippen molar-refractivity contribution in [2.24, 2.45) is 11.8 Å². The first-order valence-electron chi connectivity index (χ1n) is 15.5. The summed E-state index contributed by atoms with van der Waals surface area (Å²) in [4.78, 5) is 60.4. The number of fused-ring (bicyclic) bond motifs is 2. The van der Waals surface area contributed by atoms with E-state index in [2.05, 4.69) is 10.2 Å². The molecule has 5 heterocycles. The van der Waals surface area contributed by atoms with E-state index in [4.69, 9.17) is 14.2 Å². The molecule has 5 aliphatic rings. The molecule has 1 aromatic rings. The number of aliphatic hydroxyl groups excluding tert-OH is 1. The first kappa shape index (κ1) is 30.4. The Hall–Kier alpha value is -3.58. The summed E-state index contributed by atoms with van der Waals surface area (Å²) in [7, 11) is 0. The zero-order chi connectivity index (χ0) is 30.7. The topological polar surface area (TPSA) is 138 Å². The number of benzene rings is 1. The van der Waals surface area contributed by atoms with Crippen LogP contribution >= 0.6 is 0 Å². The van der Waals surface area contributed by atoms with E-state index in [1.165, 1.54) is 4.90 Å². The summed E-state index contributed by atoms with van der Waals surface area (Å²) in [6.45, 7) is 3.99. The number of amides is 3. The van der Waals surface area contributed by atoms with Crippen LogP contribution in [0.5, 0.6) is 0 Å². The van der Waals surface area contributed by atoms with Crippen molar-refractivity contribution < 1.29 is 38.5 Å². The van der Waals surface area contributed by atoms with Crippen molar-refractivity contribution >= 4 is 23.7 Å². The first-order chi connectivity index (χ1) is 21.4. The fraction of sp³-hybridized carbons (Fsp3) is 0.562. The van der Waals surface area contributed by atoms with Gasteiger partial charge in [-0.1, -0.05) is 54.6 Å². The number of carbonyl (C=O) groups excluding carboxylic acids is 4. The SMILES string of the molecule is O=C1CC/C=C\[C@@H]2O[C@@]34C=CCN(CCN5CCOCC5)C(=O)[C@@H]3N(CCO)C(=O)[C@H]4[C@@H]2C(=O)O[C@@H](c2ccccc2)CN1. The lowest BCUT2D eigenvalue weighted by Crippen LogP contribution is -2.56. The Balaban J connectivity index is 1.33. The molecular formula is C32H40N4O8. The molecule has 3 saturated heterocycles. The zero-order valence-corrected chi connectivity index (χ0v) is 24.7. The fourth-order valence-corrected chi connectivity index (χ4v) is 7.09. The van der Waals surface area contributed by atoms with Gasteiger partial charge < -0.3 is 34.4 Å². The Kier molecular flexibility index (Phi) is 9.13. The lowest BCUT2D eigenvalue weighted by molar-refractivity contribution is -0.160. The molecule has 1 spiro atoms. The number of allylic oxidation sites excluding steroid dienone is 1. The minimum absolute atomic E-state index is 0.0665. The number of aliphatic hydroxyl groups is 1. The number of likely N-dealkylation sites (tertiary alicyclic amines) is 1. The maximum Gasteiger partial charge on any atom is 0.313 e. The van der Waals surface area contributed by atoms with Gasteiger partial charge in [0.15, 0.2) is 0 Å². The van der Waals surface area contributed by atoms with Crippen molar-refractivity contribution in [3.63, 3.8) is 0 Å². The van der Waals surface area contributed by atoms with Gasteiger partial charge in [0.1, 0.15) is 23.7 Å². The molecule has 44 heavy (non-hydrogen) atoms. The van der Waals surface area contributed by atoms with Gasteiger partial charge in [-0.05, 0) is 12.0 Å². The standard InChI is InChI=1S/C32H40N4O8/c37-18-15-36-28-30(40)35(14-13-34-16-19-42-20-17-34)12-6-11-32(28)27(29(36)39)26-23(44-32)9-4-5-10-25(38)33-21-24(43-31(26)41)22-7-2-1-3-8-22/h1-4,6-9,11,23-24,26-28,37H,5,10,12-21H2,(H,33,38)/b9-4-/t23-,24+,26+,27+,28-,32+/m0/s1. The van der Waals surface area contributed by atoms with E-state index in [1.807, 2.05) is 36.4 Å². The van der Waals surface area contributed by atoms with Crippen molar-refractivity contribution in [1.29, 1.82) is 0 Å². The van der Waals surface area contributed by atoms with E-state index in [-0.39, 0.29) is 37.9 Å². The van der Waals surface area contributed by atoms with Crippen LogP contribution in [0.2, 0.25) is 0 Å². The third-order valence-electron chi connectivity index (χ3n) is 9.26. The Morgan fingerprint density at radius 1 is 0.977 bits per heavy atom. The molecule has 236 valence electrons. The normalized spacial score (nSPS) is 33.8. The van der Waals surface area contributed by atoms with E-state index in [0.29, 0.717) is 44.8 Å². The summed E-state index contributed by atoms with van der Waals surface area (Å²) >= 11 is 0. The number of nitrogens with one attached hydrogen (secondary N) is 1. The Labute approximate surface area is 256 Å². The highest BCUT2D eigenvalue weighted by atomic mass is 16.6. The smallest absolute Gasteiger partial charge is 0.313 e. The lowest BCUT2D eigenvalue weighted by atomic mass is 9.78. The van der Waals surface area contributed by atoms with E-state index >= 15 is 0 Å². The molecular weight excluding hydrogens is 568 g/mol. The molecule has 0 unspecified atom stereocenters. The number of ether oxygens (including phenoxy) is 3. The summed E-state index contributed by atoms with van der Waals surface area (Å²) < 4.78 is 18.2. The molecule has 1 aromatic carbocycles. The summed E-state index contributed by atoms with van der Waals surface area (Å²) in [5.41, 5.74) is -0.719. The maximum absolute atomic E-state index is 14.3. The van der Waals surface area contributed by atoms with Gasteiger partial charge >= 0.3 is 5.97 Å². The van der Waals surface area contributed by atoms with Gasteiger partial charge in [0.05, 0.1) is 38.4 Å². The second-order valence-electron chi connectivity index (χ2n) is 11.8. The first-order valence-corrected chi connectivity index (χ1v) is 15.5. The van der Waals surface area contributed by atoms with Gasteiger partial charge in [0.2, 0.25) is 17.7 Å². The van der Waals surface area contributed by atoms with Crippen LogP contribution in [-0.2, 0) is 33.4 Å². The van der Waals surface area contributed by atoms with E-state index in [9.17, 15) is 24.3 Å². The van der Waals surface area contributed by atoms with Crippen molar-refractivity contribution in [3.8, 4) is 0 Å². The second-order valence-corrected chi connectivity index (χ2v) is 11.8.